The number of benzene rings is 2. The van der Waals surface area contributed by atoms with Crippen molar-refractivity contribution in [3.8, 4) is 5.75 Å². The van der Waals surface area contributed by atoms with E-state index >= 15 is 0 Å². The molecule has 6 heteroatoms. The van der Waals surface area contributed by atoms with Crippen LogP contribution in [0.4, 0.5) is 0 Å². The van der Waals surface area contributed by atoms with E-state index < -0.39 is 0 Å². The van der Waals surface area contributed by atoms with E-state index in [4.69, 9.17) is 9.15 Å². The third-order valence-electron chi connectivity index (χ3n) is 5.60. The highest BCUT2D eigenvalue weighted by atomic mass is 16.5. The second-order valence-corrected chi connectivity index (χ2v) is 8.49. The fourth-order valence-electron chi connectivity index (χ4n) is 3.96. The van der Waals surface area contributed by atoms with Crippen molar-refractivity contribution >= 4 is 16.9 Å². The number of nitrogens with one attached hydrogen (secondary N) is 1. The molecule has 1 aliphatic heterocycles. The van der Waals surface area contributed by atoms with Gasteiger partial charge in [-0.2, -0.15) is 0 Å². The fraction of sp³-hybridized carbons (Fsp3) is 0.400. The van der Waals surface area contributed by atoms with E-state index in [0.717, 1.165) is 62.3 Å². The largest absolute Gasteiger partial charge is 0.494 e. The third kappa shape index (κ3) is 5.87. The van der Waals surface area contributed by atoms with Crippen LogP contribution >= 0.6 is 0 Å². The molecule has 0 spiro atoms. The van der Waals surface area contributed by atoms with Gasteiger partial charge in [-0.3, -0.25) is 9.69 Å². The molecule has 0 radical (unpaired) electrons. The van der Waals surface area contributed by atoms with Gasteiger partial charge in [0.2, 0.25) is 0 Å². The van der Waals surface area contributed by atoms with Crippen molar-refractivity contribution in [3.05, 3.63) is 65.9 Å². The second kappa shape index (κ2) is 9.98. The summed E-state index contributed by atoms with van der Waals surface area (Å²) in [5.41, 5.74) is 2.00. The zero-order valence-electron chi connectivity index (χ0n) is 18.3. The molecule has 0 bridgehead atoms. The number of carbonyl (C=O) groups excluding carboxylic acids is 1. The van der Waals surface area contributed by atoms with Gasteiger partial charge in [0.15, 0.2) is 5.76 Å². The molecule has 1 amide bonds. The lowest BCUT2D eigenvalue weighted by molar-refractivity contribution is 0.0912. The number of hydrogen-bond donors (Lipinski definition) is 1. The summed E-state index contributed by atoms with van der Waals surface area (Å²) in [6, 6.07) is 18.0. The Labute approximate surface area is 183 Å². The minimum absolute atomic E-state index is 0.139. The maximum Gasteiger partial charge on any atom is 0.287 e. The average molecular weight is 422 g/mol. The molecule has 1 fully saturated rings. The van der Waals surface area contributed by atoms with Crippen LogP contribution in [0, 0.1) is 0 Å². The number of carbonyl (C=O) groups is 1. The highest BCUT2D eigenvalue weighted by Gasteiger charge is 2.25. The Morgan fingerprint density at radius 2 is 2.00 bits per heavy atom. The summed E-state index contributed by atoms with van der Waals surface area (Å²) in [5.74, 6) is 1.15. The molecule has 1 aliphatic rings. The zero-order chi connectivity index (χ0) is 21.6. The molecule has 1 aromatic heterocycles. The van der Waals surface area contributed by atoms with Gasteiger partial charge in [0.25, 0.3) is 5.91 Å². The molecule has 2 heterocycles. The molecule has 3 aromatic rings. The molecule has 0 aliphatic carbocycles. The van der Waals surface area contributed by atoms with Crippen molar-refractivity contribution in [1.82, 2.24) is 15.1 Å². The van der Waals surface area contributed by atoms with E-state index in [0.29, 0.717) is 5.76 Å². The van der Waals surface area contributed by atoms with Crippen molar-refractivity contribution in [2.45, 2.75) is 25.4 Å². The molecule has 0 saturated carbocycles. The maximum absolute atomic E-state index is 12.6. The van der Waals surface area contributed by atoms with Crippen LogP contribution in [-0.4, -0.2) is 62.1 Å². The van der Waals surface area contributed by atoms with E-state index in [1.165, 1.54) is 5.56 Å². The summed E-state index contributed by atoms with van der Waals surface area (Å²) in [6.07, 6.45) is 1.96. The normalized spacial score (nSPS) is 16.8. The lowest BCUT2D eigenvalue weighted by Crippen LogP contribution is -2.36. The van der Waals surface area contributed by atoms with Crippen LogP contribution in [0.2, 0.25) is 0 Å². The molecular weight excluding hydrogens is 390 g/mol. The fourth-order valence-corrected chi connectivity index (χ4v) is 3.96. The van der Waals surface area contributed by atoms with Crippen LogP contribution in [0.3, 0.4) is 0 Å². The Morgan fingerprint density at radius 1 is 1.19 bits per heavy atom. The molecule has 164 valence electrons. The van der Waals surface area contributed by atoms with E-state index in [1.807, 2.05) is 42.5 Å². The van der Waals surface area contributed by atoms with Crippen molar-refractivity contribution in [2.24, 2.45) is 0 Å². The summed E-state index contributed by atoms with van der Waals surface area (Å²) in [7, 11) is 4.14. The monoisotopic (exact) mass is 421 g/mol. The number of hydrogen-bond acceptors (Lipinski definition) is 5. The third-order valence-corrected chi connectivity index (χ3v) is 5.60. The number of likely N-dealkylation sites (tertiary alicyclic amines) is 1. The Balaban J connectivity index is 1.23. The molecule has 6 nitrogen and oxygen atoms in total. The minimum atomic E-state index is -0.140. The predicted molar refractivity (Wildman–Crippen MR) is 122 cm³/mol. The first-order chi connectivity index (χ1) is 15.1. The lowest BCUT2D eigenvalue weighted by atomic mass is 10.2. The Hall–Kier alpha value is -2.83. The predicted octanol–water partition coefficient (Wildman–Crippen LogP) is 3.77. The van der Waals surface area contributed by atoms with Gasteiger partial charge in [0.05, 0.1) is 6.61 Å². The van der Waals surface area contributed by atoms with Gasteiger partial charge < -0.3 is 19.4 Å². The Kier molecular flexibility index (Phi) is 6.89. The van der Waals surface area contributed by atoms with E-state index in [-0.39, 0.29) is 11.9 Å². The number of fused-ring (bicyclic) bond motifs is 1. The topological polar surface area (TPSA) is 58.0 Å². The van der Waals surface area contributed by atoms with E-state index in [9.17, 15) is 4.79 Å². The molecule has 4 rings (SSSR count). The molecule has 1 atom stereocenters. The van der Waals surface area contributed by atoms with Gasteiger partial charge in [0, 0.05) is 37.6 Å². The lowest BCUT2D eigenvalue weighted by Gasteiger charge is -2.17. The van der Waals surface area contributed by atoms with E-state index in [2.05, 4.69) is 41.3 Å². The van der Waals surface area contributed by atoms with Crippen LogP contribution in [0.15, 0.2) is 59.0 Å². The van der Waals surface area contributed by atoms with Crippen molar-refractivity contribution < 1.29 is 13.9 Å². The number of para-hydroxylation sites is 1. The molecule has 1 N–H and O–H groups in total. The van der Waals surface area contributed by atoms with E-state index in [1.54, 1.807) is 0 Å². The average Bonchev–Trinajstić information content (AvgIpc) is 3.39. The zero-order valence-corrected chi connectivity index (χ0v) is 18.3. The minimum Gasteiger partial charge on any atom is -0.494 e. The molecule has 31 heavy (non-hydrogen) atoms. The quantitative estimate of drug-likeness (QED) is 0.533. The first kappa shape index (κ1) is 21.4. The van der Waals surface area contributed by atoms with Gasteiger partial charge in [-0.25, -0.2) is 0 Å². The summed E-state index contributed by atoms with van der Waals surface area (Å²) < 4.78 is 11.5. The number of rotatable bonds is 9. The smallest absolute Gasteiger partial charge is 0.287 e. The number of nitrogens with zero attached hydrogens (tertiary/aromatic N) is 2. The van der Waals surface area contributed by atoms with Crippen LogP contribution < -0.4 is 10.1 Å². The summed E-state index contributed by atoms with van der Waals surface area (Å²) in [5, 5.41) is 4.07. The molecule has 0 unspecified atom stereocenters. The van der Waals surface area contributed by atoms with Crippen LogP contribution in [-0.2, 0) is 6.54 Å². The van der Waals surface area contributed by atoms with Crippen molar-refractivity contribution in [1.29, 1.82) is 0 Å². The highest BCUT2D eigenvalue weighted by Crippen LogP contribution is 2.20. The molecule has 1 saturated heterocycles. The van der Waals surface area contributed by atoms with Crippen molar-refractivity contribution in [2.75, 3.05) is 40.3 Å². The second-order valence-electron chi connectivity index (χ2n) is 8.49. The first-order valence-corrected chi connectivity index (χ1v) is 10.9. The highest BCUT2D eigenvalue weighted by molar-refractivity contribution is 5.96. The van der Waals surface area contributed by atoms with Crippen molar-refractivity contribution in [3.63, 3.8) is 0 Å². The standard InChI is InChI=1S/C25H31N3O3/c1-27(2)13-5-15-30-22-10-8-19(9-11-22)17-28-14-12-21(18-28)26-25(29)24-16-20-6-3-4-7-23(20)31-24/h3-4,6-11,16,21H,5,12-15,17-18H2,1-2H3,(H,26,29)/t21-/m0/s1. The summed E-state index contributed by atoms with van der Waals surface area (Å²) in [4.78, 5) is 17.1. The maximum atomic E-state index is 12.6. The van der Waals surface area contributed by atoms with Gasteiger partial charge >= 0.3 is 0 Å². The van der Waals surface area contributed by atoms with Crippen LogP contribution in [0.1, 0.15) is 29.0 Å². The number of amides is 1. The number of furan rings is 1. The summed E-state index contributed by atoms with van der Waals surface area (Å²) >= 11 is 0. The van der Waals surface area contributed by atoms with Gasteiger partial charge in [0.1, 0.15) is 11.3 Å². The Morgan fingerprint density at radius 3 is 2.77 bits per heavy atom. The Bertz CT molecular complexity index is 964. The van der Waals surface area contributed by atoms with Gasteiger partial charge in [-0.05, 0) is 56.8 Å². The SMILES string of the molecule is CN(C)CCCOc1ccc(CN2CC[C@H](NC(=O)c3cc4ccccc4o3)C2)cc1. The number of ether oxygens (including phenoxy) is 1. The molecular formula is C25H31N3O3. The molecule has 2 aromatic carbocycles. The van der Waals surface area contributed by atoms with Gasteiger partial charge in [-0.1, -0.05) is 30.3 Å². The van der Waals surface area contributed by atoms with Crippen LogP contribution in [0.25, 0.3) is 11.0 Å². The first-order valence-electron chi connectivity index (χ1n) is 10.9. The van der Waals surface area contributed by atoms with Crippen LogP contribution in [0.5, 0.6) is 5.75 Å². The summed E-state index contributed by atoms with van der Waals surface area (Å²) in [6.45, 7) is 4.44. The van der Waals surface area contributed by atoms with Gasteiger partial charge in [-0.15, -0.1) is 0 Å².